The fraction of sp³-hybridized carbons (Fsp3) is 0.571. The van der Waals surface area contributed by atoms with E-state index in [1.807, 2.05) is 0 Å². The molecule has 1 aromatic rings. The largest absolute Gasteiger partial charge is 0.396 e. The molecule has 1 rings (SSSR count). The van der Waals surface area contributed by atoms with E-state index >= 15 is 0 Å². The molecule has 0 N–H and O–H groups in total. The lowest BCUT2D eigenvalue weighted by Crippen LogP contribution is -2.27. The van der Waals surface area contributed by atoms with E-state index in [-0.39, 0.29) is 0 Å². The van der Waals surface area contributed by atoms with Crippen LogP contribution >= 0.6 is 0 Å². The highest BCUT2D eigenvalue weighted by Crippen LogP contribution is 2.07. The fourth-order valence-corrected chi connectivity index (χ4v) is 3.57. The lowest BCUT2D eigenvalue weighted by atomic mass is 10.2. The lowest BCUT2D eigenvalue weighted by Gasteiger charge is -2.16. The third-order valence-corrected chi connectivity index (χ3v) is 4.56. The van der Waals surface area contributed by atoms with Crippen LogP contribution in [-0.4, -0.2) is 22.5 Å². The van der Waals surface area contributed by atoms with Gasteiger partial charge in [0.05, 0.1) is 0 Å². The first-order valence-electron chi connectivity index (χ1n) is 6.55. The van der Waals surface area contributed by atoms with Gasteiger partial charge in [-0.05, 0) is 25.3 Å². The molecule has 2 nitrogen and oxygen atoms in total. The van der Waals surface area contributed by atoms with Crippen molar-refractivity contribution in [1.29, 1.82) is 0 Å². The van der Waals surface area contributed by atoms with Crippen molar-refractivity contribution in [2.75, 3.05) is 13.2 Å². The second-order valence-corrected chi connectivity index (χ2v) is 6.29. The van der Waals surface area contributed by atoms with Crippen LogP contribution in [0.25, 0.3) is 0 Å². The standard InChI is InChI=1S/C14H24O2Si/c1-4-10-15-17(16-11-5-2)12-14-8-6-13(3)7-9-14/h6-9,17H,4-5,10-12H2,1-3H3. The van der Waals surface area contributed by atoms with E-state index in [9.17, 15) is 0 Å². The molecule has 17 heavy (non-hydrogen) atoms. The number of hydrogen-bond acceptors (Lipinski definition) is 2. The first kappa shape index (κ1) is 14.4. The van der Waals surface area contributed by atoms with Crippen LogP contribution in [0.2, 0.25) is 0 Å². The topological polar surface area (TPSA) is 18.5 Å². The van der Waals surface area contributed by atoms with E-state index in [1.54, 1.807) is 0 Å². The van der Waals surface area contributed by atoms with Gasteiger partial charge in [0, 0.05) is 19.3 Å². The summed E-state index contributed by atoms with van der Waals surface area (Å²) in [6, 6.07) is 9.64. The summed E-state index contributed by atoms with van der Waals surface area (Å²) in [5.41, 5.74) is 2.63. The Morgan fingerprint density at radius 2 is 1.47 bits per heavy atom. The Kier molecular flexibility index (Phi) is 7.16. The molecule has 0 saturated heterocycles. The van der Waals surface area contributed by atoms with E-state index in [4.69, 9.17) is 8.85 Å². The van der Waals surface area contributed by atoms with E-state index in [0.717, 1.165) is 32.1 Å². The van der Waals surface area contributed by atoms with Gasteiger partial charge in [-0.15, -0.1) is 0 Å². The number of rotatable bonds is 8. The van der Waals surface area contributed by atoms with Gasteiger partial charge in [0.15, 0.2) is 0 Å². The molecule has 0 spiro atoms. The minimum absolute atomic E-state index is 0.826. The average molecular weight is 252 g/mol. The van der Waals surface area contributed by atoms with E-state index < -0.39 is 9.28 Å². The molecule has 0 aliphatic rings. The number of aryl methyl sites for hydroxylation is 1. The van der Waals surface area contributed by atoms with Crippen molar-refractivity contribution in [2.24, 2.45) is 0 Å². The zero-order valence-electron chi connectivity index (χ0n) is 11.2. The van der Waals surface area contributed by atoms with Crippen LogP contribution < -0.4 is 0 Å². The monoisotopic (exact) mass is 252 g/mol. The van der Waals surface area contributed by atoms with Gasteiger partial charge in [-0.1, -0.05) is 43.7 Å². The van der Waals surface area contributed by atoms with Crippen LogP contribution in [0.1, 0.15) is 37.8 Å². The molecule has 0 atom stereocenters. The molecule has 0 aromatic heterocycles. The molecule has 0 unspecified atom stereocenters. The van der Waals surface area contributed by atoms with Gasteiger partial charge < -0.3 is 8.85 Å². The van der Waals surface area contributed by atoms with Crippen LogP contribution in [-0.2, 0) is 14.9 Å². The van der Waals surface area contributed by atoms with Crippen molar-refractivity contribution in [2.45, 2.75) is 39.7 Å². The number of benzene rings is 1. The van der Waals surface area contributed by atoms with Crippen LogP contribution in [0, 0.1) is 6.92 Å². The highest BCUT2D eigenvalue weighted by Gasteiger charge is 2.13. The Bertz CT molecular complexity index is 290. The summed E-state index contributed by atoms with van der Waals surface area (Å²) in [6.07, 6.45) is 2.12. The second-order valence-electron chi connectivity index (χ2n) is 4.36. The van der Waals surface area contributed by atoms with Gasteiger partial charge in [-0.25, -0.2) is 0 Å². The Balaban J connectivity index is 2.48. The Morgan fingerprint density at radius 3 is 1.94 bits per heavy atom. The van der Waals surface area contributed by atoms with Crippen molar-refractivity contribution in [3.8, 4) is 0 Å². The Labute approximate surface area is 107 Å². The Hall–Kier alpha value is -0.643. The predicted molar refractivity (Wildman–Crippen MR) is 74.5 cm³/mol. The SMILES string of the molecule is CCCO[SiH](Cc1ccc(C)cc1)OCCC. The summed E-state index contributed by atoms with van der Waals surface area (Å²) in [7, 11) is -1.51. The number of hydrogen-bond donors (Lipinski definition) is 0. The quantitative estimate of drug-likeness (QED) is 0.662. The molecule has 0 aliphatic heterocycles. The molecule has 96 valence electrons. The molecule has 0 amide bonds. The fourth-order valence-electron chi connectivity index (χ4n) is 1.58. The minimum Gasteiger partial charge on any atom is -0.396 e. The summed E-state index contributed by atoms with van der Waals surface area (Å²) in [5.74, 6) is 0. The first-order valence-corrected chi connectivity index (χ1v) is 8.31. The van der Waals surface area contributed by atoms with Crippen molar-refractivity contribution in [1.82, 2.24) is 0 Å². The maximum absolute atomic E-state index is 5.84. The Morgan fingerprint density at radius 1 is 0.941 bits per heavy atom. The van der Waals surface area contributed by atoms with E-state index in [0.29, 0.717) is 0 Å². The van der Waals surface area contributed by atoms with E-state index in [2.05, 4.69) is 45.0 Å². The van der Waals surface area contributed by atoms with Gasteiger partial charge >= 0.3 is 9.28 Å². The van der Waals surface area contributed by atoms with Crippen LogP contribution in [0.5, 0.6) is 0 Å². The summed E-state index contributed by atoms with van der Waals surface area (Å²) >= 11 is 0. The van der Waals surface area contributed by atoms with Gasteiger partial charge in [0.2, 0.25) is 0 Å². The summed E-state index contributed by atoms with van der Waals surface area (Å²) in [5, 5.41) is 0. The molecule has 0 radical (unpaired) electrons. The molecule has 0 bridgehead atoms. The van der Waals surface area contributed by atoms with E-state index in [1.165, 1.54) is 11.1 Å². The maximum atomic E-state index is 5.84. The molecule has 1 aromatic carbocycles. The summed E-state index contributed by atoms with van der Waals surface area (Å²) in [4.78, 5) is 0. The minimum atomic E-state index is -1.51. The average Bonchev–Trinajstić information content (AvgIpc) is 2.35. The first-order chi connectivity index (χ1) is 8.26. The van der Waals surface area contributed by atoms with Crippen molar-refractivity contribution < 1.29 is 8.85 Å². The van der Waals surface area contributed by atoms with Gasteiger partial charge in [0.1, 0.15) is 0 Å². The highest BCUT2D eigenvalue weighted by molar-refractivity contribution is 6.43. The zero-order chi connectivity index (χ0) is 12.5. The van der Waals surface area contributed by atoms with Crippen LogP contribution in [0.15, 0.2) is 24.3 Å². The third kappa shape index (κ3) is 6.01. The molecule has 0 saturated carbocycles. The van der Waals surface area contributed by atoms with Gasteiger partial charge in [-0.3, -0.25) is 0 Å². The maximum Gasteiger partial charge on any atom is 0.325 e. The van der Waals surface area contributed by atoms with Gasteiger partial charge in [0.25, 0.3) is 0 Å². The molecule has 0 fully saturated rings. The molecular weight excluding hydrogens is 228 g/mol. The van der Waals surface area contributed by atoms with Crippen molar-refractivity contribution in [3.05, 3.63) is 35.4 Å². The molecular formula is C14H24O2Si. The second kappa shape index (κ2) is 8.45. The normalized spacial score (nSPS) is 11.1. The lowest BCUT2D eigenvalue weighted by molar-refractivity contribution is 0.196. The van der Waals surface area contributed by atoms with Crippen LogP contribution in [0.4, 0.5) is 0 Å². The highest BCUT2D eigenvalue weighted by atomic mass is 28.3. The molecule has 0 heterocycles. The zero-order valence-corrected chi connectivity index (χ0v) is 12.4. The summed E-state index contributed by atoms with van der Waals surface area (Å²) < 4.78 is 11.7. The van der Waals surface area contributed by atoms with Gasteiger partial charge in [-0.2, -0.15) is 0 Å². The predicted octanol–water partition coefficient (Wildman–Crippen LogP) is 3.15. The third-order valence-electron chi connectivity index (χ3n) is 2.54. The van der Waals surface area contributed by atoms with Crippen molar-refractivity contribution in [3.63, 3.8) is 0 Å². The van der Waals surface area contributed by atoms with Crippen LogP contribution in [0.3, 0.4) is 0 Å². The smallest absolute Gasteiger partial charge is 0.325 e. The summed E-state index contributed by atoms with van der Waals surface area (Å²) in [6.45, 7) is 8.03. The molecule has 0 aliphatic carbocycles. The van der Waals surface area contributed by atoms with Crippen molar-refractivity contribution >= 4 is 9.28 Å². The molecule has 3 heteroatoms.